The summed E-state index contributed by atoms with van der Waals surface area (Å²) in [5, 5.41) is 0. The van der Waals surface area contributed by atoms with Crippen LogP contribution in [-0.2, 0) is 18.3 Å². The molecule has 0 bridgehead atoms. The van der Waals surface area contributed by atoms with E-state index in [-0.39, 0.29) is 17.4 Å². The van der Waals surface area contributed by atoms with Crippen molar-refractivity contribution in [3.05, 3.63) is 60.7 Å². The Morgan fingerprint density at radius 2 is 1.71 bits per heavy atom. The summed E-state index contributed by atoms with van der Waals surface area (Å²) in [6, 6.07) is 4.73. The zero-order chi connectivity index (χ0) is 27.8. The molecule has 0 N–H and O–H groups in total. The number of nitrogens with zero attached hydrogens (tertiary/aromatic N) is 2. The van der Waals surface area contributed by atoms with Crippen molar-refractivity contribution >= 4 is 35.1 Å². The van der Waals surface area contributed by atoms with Gasteiger partial charge in [-0.05, 0) is 78.8 Å². The molecule has 2 aromatic rings. The minimum atomic E-state index is -4.24. The van der Waals surface area contributed by atoms with Crippen molar-refractivity contribution in [2.45, 2.75) is 105 Å². The van der Waals surface area contributed by atoms with Gasteiger partial charge in [-0.1, -0.05) is 60.6 Å². The second-order valence-electron chi connectivity index (χ2n) is 12.9. The summed E-state index contributed by atoms with van der Waals surface area (Å²) in [5.74, 6) is 0. The Balaban J connectivity index is 1.75. The zero-order valence-corrected chi connectivity index (χ0v) is 24.7. The number of hydrogen-bond acceptors (Lipinski definition) is 3. The van der Waals surface area contributed by atoms with Crippen molar-refractivity contribution in [1.82, 2.24) is 4.90 Å². The molecule has 0 fully saturated rings. The molecule has 0 saturated carbocycles. The molecule has 2 nitrogen and oxygen atoms in total. The monoisotopic (exact) mass is 540 g/mol. The largest absolute Gasteiger partial charge is 0.394 e. The average molecular weight is 541 g/mol. The van der Waals surface area contributed by atoms with E-state index in [9.17, 15) is 13.2 Å². The predicted molar refractivity (Wildman–Crippen MR) is 154 cm³/mol. The van der Waals surface area contributed by atoms with Crippen LogP contribution in [0.25, 0.3) is 11.8 Å². The zero-order valence-electron chi connectivity index (χ0n) is 23.9. The van der Waals surface area contributed by atoms with E-state index in [0.29, 0.717) is 6.42 Å². The first-order valence-electron chi connectivity index (χ1n) is 13.7. The summed E-state index contributed by atoms with van der Waals surface area (Å²) in [6.07, 6.45) is 5.32. The first-order valence-corrected chi connectivity index (χ1v) is 14.5. The quantitative estimate of drug-likeness (QED) is 0.386. The molecule has 2 aliphatic heterocycles. The summed E-state index contributed by atoms with van der Waals surface area (Å²) in [7, 11) is 0. The number of fused-ring (bicyclic) bond motifs is 6. The summed E-state index contributed by atoms with van der Waals surface area (Å²) in [5.41, 5.74) is 7.66. The number of benzene rings is 1. The minimum absolute atomic E-state index is 0.0176. The number of rotatable bonds is 4. The topological polar surface area (TPSA) is 15.6 Å². The van der Waals surface area contributed by atoms with Crippen molar-refractivity contribution in [3.8, 4) is 0 Å². The molecule has 0 spiro atoms. The van der Waals surface area contributed by atoms with E-state index in [4.69, 9.17) is 4.99 Å². The number of halogens is 3. The molecule has 1 aromatic carbocycles. The number of thiophene rings is 1. The van der Waals surface area contributed by atoms with Gasteiger partial charge in [0.2, 0.25) is 0 Å². The second-order valence-corrected chi connectivity index (χ2v) is 14.0. The van der Waals surface area contributed by atoms with Gasteiger partial charge in [0, 0.05) is 21.2 Å². The van der Waals surface area contributed by atoms with E-state index >= 15 is 0 Å². The first kappa shape index (κ1) is 27.2. The van der Waals surface area contributed by atoms with Gasteiger partial charge in [0.25, 0.3) is 0 Å². The third kappa shape index (κ3) is 4.18. The Morgan fingerprint density at radius 3 is 2.32 bits per heavy atom. The van der Waals surface area contributed by atoms with E-state index in [1.165, 1.54) is 41.8 Å². The van der Waals surface area contributed by atoms with Gasteiger partial charge in [-0.25, -0.2) is 4.99 Å². The normalized spacial score (nSPS) is 18.3. The van der Waals surface area contributed by atoms with Gasteiger partial charge < -0.3 is 4.90 Å². The molecule has 204 valence electrons. The smallest absolute Gasteiger partial charge is 0.324 e. The molecule has 0 unspecified atom stereocenters. The van der Waals surface area contributed by atoms with Crippen LogP contribution < -0.4 is 9.06 Å². The molecule has 0 amide bonds. The molecule has 0 saturated heterocycles. The van der Waals surface area contributed by atoms with Crippen molar-refractivity contribution in [2.24, 2.45) is 10.4 Å². The SMILES string of the molecule is CCC1(CC)Cc2c(C)cc(C(C)(C)C)cc2C2=c3sc4c(c3N=CN21)CC=C(CC(C)(C)C(F)(F)F)C=4. The number of allylic oxidation sites excluding steroid dienone is 2. The van der Waals surface area contributed by atoms with Gasteiger partial charge in [0.05, 0.1) is 27.7 Å². The van der Waals surface area contributed by atoms with Gasteiger partial charge in [0.15, 0.2) is 0 Å². The van der Waals surface area contributed by atoms with E-state index in [1.807, 2.05) is 18.5 Å². The first-order chi connectivity index (χ1) is 17.6. The lowest BCUT2D eigenvalue weighted by Gasteiger charge is -2.49. The number of aryl methyl sites for hydroxylation is 1. The summed E-state index contributed by atoms with van der Waals surface area (Å²) in [4.78, 5) is 7.43. The Kier molecular flexibility index (Phi) is 6.33. The molecule has 3 heterocycles. The maximum absolute atomic E-state index is 13.6. The molecule has 1 aromatic heterocycles. The maximum Gasteiger partial charge on any atom is 0.394 e. The molecular formula is C32H39F3N2S. The molecule has 6 heteroatoms. The van der Waals surface area contributed by atoms with Crippen LogP contribution >= 0.6 is 11.3 Å². The standard InChI is InChI=1S/C32H39F3N2S/c1-9-31(10-2)17-24-19(3)13-21(29(4,5)6)15-23(24)27-28-26(36-18-37(27)31)22-12-11-20(14-25(22)38-28)16-30(7,8)32(33,34)35/h11,13-15,18H,9-10,12,16-17H2,1-8H3. The molecule has 3 aliphatic rings. The van der Waals surface area contributed by atoms with Crippen LogP contribution in [0.2, 0.25) is 0 Å². The molecular weight excluding hydrogens is 501 g/mol. The number of aliphatic imine (C=N–C) groups is 1. The highest BCUT2D eigenvalue weighted by molar-refractivity contribution is 7.08. The Morgan fingerprint density at radius 1 is 1.03 bits per heavy atom. The van der Waals surface area contributed by atoms with Gasteiger partial charge in [-0.3, -0.25) is 0 Å². The van der Waals surface area contributed by atoms with Crippen LogP contribution in [0.15, 0.2) is 28.8 Å². The second kappa shape index (κ2) is 8.84. The van der Waals surface area contributed by atoms with Crippen LogP contribution in [-0.4, -0.2) is 23.0 Å². The van der Waals surface area contributed by atoms with Gasteiger partial charge >= 0.3 is 6.18 Å². The van der Waals surface area contributed by atoms with Crippen molar-refractivity contribution in [1.29, 1.82) is 0 Å². The molecule has 5 rings (SSSR count). The molecule has 1 aliphatic carbocycles. The average Bonchev–Trinajstić information content (AvgIpc) is 3.19. The van der Waals surface area contributed by atoms with Crippen molar-refractivity contribution in [3.63, 3.8) is 0 Å². The van der Waals surface area contributed by atoms with E-state index < -0.39 is 11.6 Å². The van der Waals surface area contributed by atoms with Gasteiger partial charge in [0.1, 0.15) is 0 Å². The van der Waals surface area contributed by atoms with Gasteiger partial charge in [-0.2, -0.15) is 13.2 Å². The molecule has 0 atom stereocenters. The van der Waals surface area contributed by atoms with Crippen LogP contribution in [0.3, 0.4) is 0 Å². The lowest BCUT2D eigenvalue weighted by atomic mass is 9.74. The lowest BCUT2D eigenvalue weighted by molar-refractivity contribution is -0.210. The van der Waals surface area contributed by atoms with Crippen LogP contribution in [0.1, 0.15) is 95.5 Å². The summed E-state index contributed by atoms with van der Waals surface area (Å²) < 4.78 is 43.1. The lowest BCUT2D eigenvalue weighted by Crippen LogP contribution is -2.53. The van der Waals surface area contributed by atoms with Crippen LogP contribution in [0.4, 0.5) is 18.9 Å². The van der Waals surface area contributed by atoms with E-state index in [2.05, 4.69) is 58.6 Å². The summed E-state index contributed by atoms with van der Waals surface area (Å²) >= 11 is 1.70. The fraction of sp³-hybridized carbons (Fsp3) is 0.531. The predicted octanol–water partition coefficient (Wildman–Crippen LogP) is 7.84. The Bertz CT molecular complexity index is 1470. The van der Waals surface area contributed by atoms with Crippen LogP contribution in [0, 0.1) is 12.3 Å². The minimum Gasteiger partial charge on any atom is -0.324 e. The Hall–Kier alpha value is -2.34. The number of hydrogen-bond donors (Lipinski definition) is 0. The maximum atomic E-state index is 13.6. The highest BCUT2D eigenvalue weighted by Gasteiger charge is 2.47. The fourth-order valence-electron chi connectivity index (χ4n) is 6.12. The highest BCUT2D eigenvalue weighted by atomic mass is 32.1. The van der Waals surface area contributed by atoms with E-state index in [1.54, 1.807) is 11.3 Å². The molecule has 0 radical (unpaired) electrons. The third-order valence-corrected chi connectivity index (χ3v) is 10.2. The molecule has 38 heavy (non-hydrogen) atoms. The van der Waals surface area contributed by atoms with Crippen molar-refractivity contribution < 1.29 is 13.2 Å². The van der Waals surface area contributed by atoms with Crippen molar-refractivity contribution in [2.75, 3.05) is 0 Å². The Labute approximate surface area is 228 Å². The van der Waals surface area contributed by atoms with E-state index in [0.717, 1.165) is 45.2 Å². The third-order valence-electron chi connectivity index (χ3n) is 8.99. The van der Waals surface area contributed by atoms with Gasteiger partial charge in [-0.15, -0.1) is 11.3 Å². The fourth-order valence-corrected chi connectivity index (χ4v) is 7.43. The van der Waals surface area contributed by atoms with Crippen LogP contribution in [0.5, 0.6) is 0 Å². The summed E-state index contributed by atoms with van der Waals surface area (Å²) in [6.45, 7) is 16.1. The highest BCUT2D eigenvalue weighted by Crippen LogP contribution is 2.46. The number of alkyl halides is 3.